The maximum absolute atomic E-state index is 12.4. The number of nitrogens with zero attached hydrogens (tertiary/aromatic N) is 4. The van der Waals surface area contributed by atoms with Gasteiger partial charge in [0.25, 0.3) is 11.5 Å². The van der Waals surface area contributed by atoms with Crippen molar-refractivity contribution >= 4 is 5.91 Å². The van der Waals surface area contributed by atoms with Crippen molar-refractivity contribution in [2.75, 3.05) is 13.1 Å². The van der Waals surface area contributed by atoms with Gasteiger partial charge in [-0.1, -0.05) is 0 Å². The molecule has 120 valence electrons. The molecule has 0 saturated carbocycles. The molecular formula is C16H18N4O3. The number of piperidine rings is 1. The molecule has 2 aromatic rings. The van der Waals surface area contributed by atoms with Gasteiger partial charge in [-0.25, -0.2) is 4.68 Å². The Bertz CT molecular complexity index is 736. The second kappa shape index (κ2) is 6.60. The van der Waals surface area contributed by atoms with E-state index in [1.165, 1.54) is 23.9 Å². The molecule has 0 unspecified atom stereocenters. The van der Waals surface area contributed by atoms with Gasteiger partial charge in [-0.05, 0) is 18.2 Å². The fourth-order valence-corrected chi connectivity index (χ4v) is 2.56. The van der Waals surface area contributed by atoms with Gasteiger partial charge in [0, 0.05) is 45.2 Å². The van der Waals surface area contributed by atoms with Crippen molar-refractivity contribution in [1.29, 1.82) is 0 Å². The Labute approximate surface area is 133 Å². The summed E-state index contributed by atoms with van der Waals surface area (Å²) in [5.74, 6) is 0.595. The Morgan fingerprint density at radius 3 is 2.70 bits per heavy atom. The first-order valence-electron chi connectivity index (χ1n) is 7.54. The summed E-state index contributed by atoms with van der Waals surface area (Å²) in [5.41, 5.74) is 0.0591. The number of likely N-dealkylation sites (tertiary alicyclic amines) is 1. The number of carbonyl (C=O) groups is 1. The summed E-state index contributed by atoms with van der Waals surface area (Å²) in [4.78, 5) is 29.5. The smallest absolute Gasteiger partial charge is 0.274 e. The second-order valence-corrected chi connectivity index (χ2v) is 5.48. The van der Waals surface area contributed by atoms with Gasteiger partial charge in [-0.2, -0.15) is 5.10 Å². The first kappa shape index (κ1) is 15.2. The van der Waals surface area contributed by atoms with Crippen LogP contribution >= 0.6 is 0 Å². The van der Waals surface area contributed by atoms with Crippen molar-refractivity contribution in [3.63, 3.8) is 0 Å². The highest BCUT2D eigenvalue weighted by atomic mass is 16.5. The lowest BCUT2D eigenvalue weighted by Gasteiger charge is -2.31. The summed E-state index contributed by atoms with van der Waals surface area (Å²) in [5, 5.41) is 4.01. The number of aryl methyl sites for hydroxylation is 1. The molecule has 0 N–H and O–H groups in total. The van der Waals surface area contributed by atoms with E-state index < -0.39 is 0 Å². The topological polar surface area (TPSA) is 77.3 Å². The average molecular weight is 314 g/mol. The van der Waals surface area contributed by atoms with E-state index in [4.69, 9.17) is 4.74 Å². The Morgan fingerprint density at radius 2 is 2.04 bits per heavy atom. The largest absolute Gasteiger partial charge is 0.489 e. The Balaban J connectivity index is 1.59. The van der Waals surface area contributed by atoms with Crippen molar-refractivity contribution in [1.82, 2.24) is 19.7 Å². The van der Waals surface area contributed by atoms with E-state index in [-0.39, 0.29) is 17.6 Å². The molecule has 0 radical (unpaired) electrons. The van der Waals surface area contributed by atoms with Gasteiger partial charge < -0.3 is 9.64 Å². The van der Waals surface area contributed by atoms with Crippen molar-refractivity contribution in [2.24, 2.45) is 7.05 Å². The first-order valence-corrected chi connectivity index (χ1v) is 7.54. The van der Waals surface area contributed by atoms with Crippen LogP contribution in [0.25, 0.3) is 0 Å². The van der Waals surface area contributed by atoms with Crippen LogP contribution < -0.4 is 10.3 Å². The van der Waals surface area contributed by atoms with Gasteiger partial charge >= 0.3 is 0 Å². The van der Waals surface area contributed by atoms with Crippen molar-refractivity contribution in [2.45, 2.75) is 18.9 Å². The summed E-state index contributed by atoms with van der Waals surface area (Å²) in [6.45, 7) is 1.21. The zero-order valence-electron chi connectivity index (χ0n) is 12.9. The minimum absolute atomic E-state index is 0.0799. The third kappa shape index (κ3) is 3.56. The summed E-state index contributed by atoms with van der Waals surface area (Å²) >= 11 is 0. The molecule has 23 heavy (non-hydrogen) atoms. The maximum atomic E-state index is 12.4. The molecule has 0 atom stereocenters. The molecule has 0 bridgehead atoms. The van der Waals surface area contributed by atoms with Crippen LogP contribution in [-0.2, 0) is 7.05 Å². The Hall–Kier alpha value is -2.70. The van der Waals surface area contributed by atoms with Crippen molar-refractivity contribution in [3.8, 4) is 5.75 Å². The predicted octanol–water partition coefficient (Wildman–Crippen LogP) is 0.859. The first-order chi connectivity index (χ1) is 11.1. The van der Waals surface area contributed by atoms with Crippen molar-refractivity contribution < 1.29 is 9.53 Å². The molecule has 1 fully saturated rings. The van der Waals surface area contributed by atoms with Crippen LogP contribution in [-0.4, -0.2) is 44.8 Å². The van der Waals surface area contributed by atoms with E-state index in [0.717, 1.165) is 18.6 Å². The fraction of sp³-hybridized carbons (Fsp3) is 0.375. The lowest BCUT2D eigenvalue weighted by Crippen LogP contribution is -2.42. The normalized spacial score (nSPS) is 15.4. The number of pyridine rings is 1. The van der Waals surface area contributed by atoms with E-state index in [0.29, 0.717) is 18.8 Å². The molecule has 7 heteroatoms. The van der Waals surface area contributed by atoms with Gasteiger partial charge in [0.15, 0.2) is 0 Å². The summed E-state index contributed by atoms with van der Waals surface area (Å²) in [6, 6.07) is 6.54. The van der Waals surface area contributed by atoms with E-state index in [1.54, 1.807) is 17.3 Å². The lowest BCUT2D eigenvalue weighted by atomic mass is 10.1. The summed E-state index contributed by atoms with van der Waals surface area (Å²) in [6.07, 6.45) is 4.98. The molecule has 0 aromatic carbocycles. The molecule has 0 spiro atoms. The summed E-state index contributed by atoms with van der Waals surface area (Å²) in [7, 11) is 1.53. The number of hydrogen-bond acceptors (Lipinski definition) is 5. The molecule has 1 amide bonds. The zero-order valence-corrected chi connectivity index (χ0v) is 12.9. The maximum Gasteiger partial charge on any atom is 0.274 e. The van der Waals surface area contributed by atoms with Crippen LogP contribution in [0.3, 0.4) is 0 Å². The molecule has 1 saturated heterocycles. The fourth-order valence-electron chi connectivity index (χ4n) is 2.56. The van der Waals surface area contributed by atoms with Gasteiger partial charge in [0.2, 0.25) is 0 Å². The van der Waals surface area contributed by atoms with Gasteiger partial charge in [-0.3, -0.25) is 14.6 Å². The quantitative estimate of drug-likeness (QED) is 0.840. The zero-order chi connectivity index (χ0) is 16.2. The molecule has 0 aliphatic carbocycles. The van der Waals surface area contributed by atoms with Crippen LogP contribution in [0, 0.1) is 0 Å². The van der Waals surface area contributed by atoms with Crippen LogP contribution in [0.4, 0.5) is 0 Å². The van der Waals surface area contributed by atoms with Gasteiger partial charge in [-0.15, -0.1) is 0 Å². The number of hydrogen-bond donors (Lipinski definition) is 0. The van der Waals surface area contributed by atoms with E-state index in [9.17, 15) is 9.59 Å². The number of carbonyl (C=O) groups excluding carboxylic acids is 1. The minimum atomic E-state index is -0.231. The van der Waals surface area contributed by atoms with E-state index in [1.807, 2.05) is 12.1 Å². The molecule has 1 aliphatic heterocycles. The lowest BCUT2D eigenvalue weighted by molar-refractivity contribution is 0.0587. The SMILES string of the molecule is Cn1nc(C(=O)N2CCC(Oc3cccnc3)CC2)ccc1=O. The Kier molecular flexibility index (Phi) is 4.36. The van der Waals surface area contributed by atoms with Crippen LogP contribution in [0.2, 0.25) is 0 Å². The monoisotopic (exact) mass is 314 g/mol. The number of ether oxygens (including phenoxy) is 1. The van der Waals surface area contributed by atoms with E-state index in [2.05, 4.69) is 10.1 Å². The standard InChI is InChI=1S/C16H18N4O3/c1-19-15(21)5-4-14(18-19)16(22)20-9-6-12(7-10-20)23-13-3-2-8-17-11-13/h2-5,8,11-12H,6-7,9-10H2,1H3. The highest BCUT2D eigenvalue weighted by Gasteiger charge is 2.25. The Morgan fingerprint density at radius 1 is 1.26 bits per heavy atom. The highest BCUT2D eigenvalue weighted by Crippen LogP contribution is 2.18. The number of aromatic nitrogens is 3. The second-order valence-electron chi connectivity index (χ2n) is 5.48. The van der Waals surface area contributed by atoms with Crippen molar-refractivity contribution in [3.05, 3.63) is 52.7 Å². The molecule has 3 rings (SSSR count). The van der Waals surface area contributed by atoms with Crippen LogP contribution in [0.15, 0.2) is 41.5 Å². The molecule has 3 heterocycles. The number of rotatable bonds is 3. The highest BCUT2D eigenvalue weighted by molar-refractivity contribution is 5.92. The minimum Gasteiger partial charge on any atom is -0.489 e. The third-order valence-electron chi connectivity index (χ3n) is 3.85. The average Bonchev–Trinajstić information content (AvgIpc) is 2.58. The predicted molar refractivity (Wildman–Crippen MR) is 83.3 cm³/mol. The molecule has 1 aliphatic rings. The van der Waals surface area contributed by atoms with Crippen LogP contribution in [0.1, 0.15) is 23.3 Å². The van der Waals surface area contributed by atoms with Gasteiger partial charge in [0.05, 0.1) is 6.20 Å². The summed E-state index contributed by atoms with van der Waals surface area (Å²) < 4.78 is 7.03. The number of amides is 1. The molecule has 7 nitrogen and oxygen atoms in total. The molecule has 2 aromatic heterocycles. The van der Waals surface area contributed by atoms with E-state index >= 15 is 0 Å². The van der Waals surface area contributed by atoms with Crippen LogP contribution in [0.5, 0.6) is 5.75 Å². The van der Waals surface area contributed by atoms with Gasteiger partial charge in [0.1, 0.15) is 17.5 Å². The third-order valence-corrected chi connectivity index (χ3v) is 3.85. The molecular weight excluding hydrogens is 296 g/mol.